The maximum absolute atomic E-state index is 15.1. The van der Waals surface area contributed by atoms with Gasteiger partial charge in [0.15, 0.2) is 0 Å². The summed E-state index contributed by atoms with van der Waals surface area (Å²) >= 11 is 1.65. The van der Waals surface area contributed by atoms with Gasteiger partial charge in [0.2, 0.25) is 0 Å². The van der Waals surface area contributed by atoms with Crippen LogP contribution in [0.4, 0.5) is 0 Å². The first-order valence-corrected chi connectivity index (χ1v) is 14.4. The Labute approximate surface area is 210 Å². The van der Waals surface area contributed by atoms with Crippen molar-refractivity contribution in [2.75, 3.05) is 0 Å². The zero-order chi connectivity index (χ0) is 24.5. The number of hydrogen-bond donors (Lipinski definition) is 1. The number of nitrogens with two attached hydrogens (primary N) is 1. The Bertz CT molecular complexity index is 1520. The van der Waals surface area contributed by atoms with Crippen LogP contribution in [0, 0.1) is 6.92 Å². The fourth-order valence-corrected chi connectivity index (χ4v) is 8.03. The van der Waals surface area contributed by atoms with Crippen LogP contribution in [0.2, 0.25) is 0 Å². The molecule has 2 aromatic heterocycles. The molecule has 0 bridgehead atoms. The van der Waals surface area contributed by atoms with Gasteiger partial charge in [-0.25, -0.2) is 9.97 Å². The molecule has 0 aliphatic carbocycles. The highest BCUT2D eigenvalue weighted by Crippen LogP contribution is 2.46. The Morgan fingerprint density at radius 2 is 1.49 bits per heavy atom. The van der Waals surface area contributed by atoms with E-state index in [1.54, 1.807) is 17.5 Å². The molecule has 0 amide bonds. The molecule has 2 heterocycles. The number of thiazole rings is 1. The molecule has 0 fully saturated rings. The Morgan fingerprint density at radius 1 is 0.829 bits per heavy atom. The summed E-state index contributed by atoms with van der Waals surface area (Å²) in [6, 6.07) is 30.6. The fraction of sp³-hybridized carbons (Fsp3) is 0.103. The van der Waals surface area contributed by atoms with Crippen LogP contribution in [0.1, 0.15) is 17.5 Å². The van der Waals surface area contributed by atoms with Gasteiger partial charge in [-0.3, -0.25) is 9.35 Å². The minimum Gasteiger partial charge on any atom is -0.260 e. The van der Waals surface area contributed by atoms with Crippen molar-refractivity contribution in [2.45, 2.75) is 35.1 Å². The molecule has 0 radical (unpaired) electrons. The topological polar surface area (TPSA) is 68.9 Å². The van der Waals surface area contributed by atoms with Gasteiger partial charge in [0.05, 0.1) is 15.6 Å². The second kappa shape index (κ2) is 8.96. The quantitative estimate of drug-likeness (QED) is 0.277. The van der Waals surface area contributed by atoms with Crippen molar-refractivity contribution in [3.05, 3.63) is 114 Å². The summed E-state index contributed by atoms with van der Waals surface area (Å²) in [5.41, 5.74) is 4.06. The highest BCUT2D eigenvalue weighted by molar-refractivity contribution is 8.18. The SMILES string of the molecule is CCc1nc(-c2cccc(C)c2)c(-c2ccnc(S(N)(=O)(c3ccccc3)c3ccccc3)c2)s1. The van der Waals surface area contributed by atoms with E-state index in [4.69, 9.17) is 10.1 Å². The van der Waals surface area contributed by atoms with Gasteiger partial charge in [-0.05, 0) is 61.4 Å². The molecule has 2 N–H and O–H groups in total. The van der Waals surface area contributed by atoms with Gasteiger partial charge in [-0.1, -0.05) is 67.1 Å². The number of aryl methyl sites for hydroxylation is 2. The first-order valence-electron chi connectivity index (χ1n) is 11.5. The van der Waals surface area contributed by atoms with Crippen molar-refractivity contribution in [3.8, 4) is 21.7 Å². The summed E-state index contributed by atoms with van der Waals surface area (Å²) in [4.78, 5) is 11.6. The first-order chi connectivity index (χ1) is 16.9. The van der Waals surface area contributed by atoms with Crippen molar-refractivity contribution in [1.29, 1.82) is 0 Å². The zero-order valence-electron chi connectivity index (χ0n) is 19.7. The van der Waals surface area contributed by atoms with Crippen molar-refractivity contribution in [1.82, 2.24) is 9.97 Å². The molecule has 6 heteroatoms. The summed E-state index contributed by atoms with van der Waals surface area (Å²) in [7, 11) is -4.21. The monoisotopic (exact) mass is 497 g/mol. The number of nitrogens with zero attached hydrogens (tertiary/aromatic N) is 2. The summed E-state index contributed by atoms with van der Waals surface area (Å²) < 4.78 is 15.1. The van der Waals surface area contributed by atoms with Crippen molar-refractivity contribution in [3.63, 3.8) is 0 Å². The molecule has 5 rings (SSSR count). The normalized spacial score (nSPS) is 12.7. The molecule has 4 nitrogen and oxygen atoms in total. The van der Waals surface area contributed by atoms with Gasteiger partial charge in [0.1, 0.15) is 5.03 Å². The van der Waals surface area contributed by atoms with Crippen LogP contribution in [0.5, 0.6) is 0 Å². The molecule has 5 aromatic rings. The van der Waals surface area contributed by atoms with Gasteiger partial charge in [-0.15, -0.1) is 11.3 Å². The van der Waals surface area contributed by atoms with Crippen LogP contribution < -0.4 is 5.14 Å². The third-order valence-corrected chi connectivity index (χ3v) is 10.8. The molecule has 0 aliphatic rings. The summed E-state index contributed by atoms with van der Waals surface area (Å²) in [5.74, 6) is 0. The summed E-state index contributed by atoms with van der Waals surface area (Å²) in [6.45, 7) is 4.18. The van der Waals surface area contributed by atoms with Crippen LogP contribution in [0.15, 0.2) is 118 Å². The average molecular weight is 498 g/mol. The lowest BCUT2D eigenvalue weighted by Gasteiger charge is -2.38. The highest BCUT2D eigenvalue weighted by Gasteiger charge is 2.40. The fourth-order valence-electron chi connectivity index (χ4n) is 4.23. The van der Waals surface area contributed by atoms with E-state index in [1.165, 1.54) is 5.56 Å². The van der Waals surface area contributed by atoms with E-state index in [9.17, 15) is 0 Å². The van der Waals surface area contributed by atoms with Crippen LogP contribution in [0.25, 0.3) is 21.7 Å². The first kappa shape index (κ1) is 23.3. The standard InChI is InChI=1S/C29H27N3OS2/c1-3-26-32-28(22-12-10-11-21(2)19-22)29(34-26)23-17-18-31-27(20-23)35(30,33,24-13-6-4-7-14-24)25-15-8-5-9-16-25/h4-20H,3H2,1-2H3,(H2,30,33). The lowest BCUT2D eigenvalue weighted by atomic mass is 10.1. The van der Waals surface area contributed by atoms with Crippen molar-refractivity contribution in [2.24, 2.45) is 5.14 Å². The van der Waals surface area contributed by atoms with E-state index in [0.29, 0.717) is 14.8 Å². The average Bonchev–Trinajstić information content (AvgIpc) is 3.35. The summed E-state index contributed by atoms with van der Waals surface area (Å²) in [5, 5.41) is 8.42. The van der Waals surface area contributed by atoms with Crippen LogP contribution in [0.3, 0.4) is 0 Å². The van der Waals surface area contributed by atoms with E-state index < -0.39 is 9.25 Å². The summed E-state index contributed by atoms with van der Waals surface area (Å²) in [6.07, 6.45) is 2.54. The maximum Gasteiger partial charge on any atom is 0.126 e. The molecule has 0 atom stereocenters. The van der Waals surface area contributed by atoms with Gasteiger partial charge in [0.25, 0.3) is 0 Å². The third kappa shape index (κ3) is 4.04. The van der Waals surface area contributed by atoms with E-state index >= 15 is 4.21 Å². The molecular weight excluding hydrogens is 470 g/mol. The molecule has 176 valence electrons. The zero-order valence-corrected chi connectivity index (χ0v) is 21.4. The van der Waals surface area contributed by atoms with Gasteiger partial charge in [-0.2, -0.15) is 0 Å². The van der Waals surface area contributed by atoms with Gasteiger partial charge >= 0.3 is 0 Å². The third-order valence-electron chi connectivity index (χ3n) is 6.10. The Hall–Kier alpha value is -3.45. The van der Waals surface area contributed by atoms with Crippen LogP contribution >= 0.6 is 11.3 Å². The van der Waals surface area contributed by atoms with Gasteiger partial charge in [0, 0.05) is 30.8 Å². The lowest BCUT2D eigenvalue weighted by Crippen LogP contribution is -2.44. The molecule has 0 unspecified atom stereocenters. The van der Waals surface area contributed by atoms with Crippen molar-refractivity contribution < 1.29 is 4.21 Å². The lowest BCUT2D eigenvalue weighted by molar-refractivity contribution is 0.650. The van der Waals surface area contributed by atoms with Crippen LogP contribution in [-0.2, 0) is 15.7 Å². The molecule has 0 spiro atoms. The molecular formula is C29H27N3OS2. The van der Waals surface area contributed by atoms with Crippen LogP contribution in [-0.4, -0.2) is 14.2 Å². The maximum atomic E-state index is 15.1. The predicted molar refractivity (Wildman–Crippen MR) is 145 cm³/mol. The molecule has 35 heavy (non-hydrogen) atoms. The van der Waals surface area contributed by atoms with E-state index in [-0.39, 0.29) is 0 Å². The minimum atomic E-state index is -4.21. The minimum absolute atomic E-state index is 0.346. The highest BCUT2D eigenvalue weighted by atomic mass is 32.3. The molecule has 0 aliphatic heterocycles. The number of aromatic nitrogens is 2. The number of benzene rings is 3. The molecule has 0 saturated heterocycles. The van der Waals surface area contributed by atoms with E-state index in [0.717, 1.165) is 33.1 Å². The molecule has 0 saturated carbocycles. The second-order valence-corrected chi connectivity index (χ2v) is 13.0. The second-order valence-electron chi connectivity index (χ2n) is 8.52. The largest absolute Gasteiger partial charge is 0.260 e. The Morgan fingerprint density at radius 3 is 2.09 bits per heavy atom. The predicted octanol–water partition coefficient (Wildman–Crippen LogP) is 6.91. The Kier molecular flexibility index (Phi) is 5.97. The van der Waals surface area contributed by atoms with E-state index in [1.807, 2.05) is 78.9 Å². The molecule has 3 aromatic carbocycles. The van der Waals surface area contributed by atoms with Gasteiger partial charge < -0.3 is 0 Å². The van der Waals surface area contributed by atoms with E-state index in [2.05, 4.69) is 37.0 Å². The number of pyridine rings is 1. The Balaban J connectivity index is 1.75. The number of hydrogen-bond acceptors (Lipinski definition) is 4. The van der Waals surface area contributed by atoms with Crippen molar-refractivity contribution >= 4 is 20.6 Å². The smallest absolute Gasteiger partial charge is 0.126 e. The number of rotatable bonds is 6.